The second kappa shape index (κ2) is 7.99. The van der Waals surface area contributed by atoms with E-state index in [-0.39, 0.29) is 30.4 Å². The van der Waals surface area contributed by atoms with Gasteiger partial charge in [0.1, 0.15) is 0 Å². The Kier molecular flexibility index (Phi) is 6.24. The molecule has 1 aromatic carbocycles. The molecule has 6 heteroatoms. The zero-order valence-corrected chi connectivity index (χ0v) is 15.6. The highest BCUT2D eigenvalue weighted by Gasteiger charge is 2.33. The van der Waals surface area contributed by atoms with Crippen molar-refractivity contribution < 1.29 is 9.59 Å². The van der Waals surface area contributed by atoms with Gasteiger partial charge in [0, 0.05) is 26.2 Å². The van der Waals surface area contributed by atoms with Crippen LogP contribution in [0.15, 0.2) is 24.3 Å². The smallest absolute Gasteiger partial charge is 0.239 e. The van der Waals surface area contributed by atoms with Crippen LogP contribution in [0.3, 0.4) is 0 Å². The number of hydrogen-bond donors (Lipinski definition) is 0. The lowest BCUT2D eigenvalue weighted by atomic mass is 10.1. The van der Waals surface area contributed by atoms with Crippen molar-refractivity contribution in [3.8, 4) is 0 Å². The second-order valence-corrected chi connectivity index (χ2v) is 7.03. The summed E-state index contributed by atoms with van der Waals surface area (Å²) in [6.45, 7) is 3.06. The molecule has 1 aromatic rings. The van der Waals surface area contributed by atoms with Gasteiger partial charge in [-0.2, -0.15) is 0 Å². The summed E-state index contributed by atoms with van der Waals surface area (Å²) < 4.78 is 0. The topological polar surface area (TPSA) is 43.9 Å². The minimum absolute atomic E-state index is 0.0240. The van der Waals surface area contributed by atoms with Crippen LogP contribution < -0.4 is 0 Å². The number of amides is 2. The molecule has 1 saturated heterocycles. The van der Waals surface area contributed by atoms with E-state index in [0.29, 0.717) is 5.02 Å². The Bertz CT molecular complexity index is 588. The summed E-state index contributed by atoms with van der Waals surface area (Å²) in [5, 5.41) is 0.682. The largest absolute Gasteiger partial charge is 0.347 e. The maximum atomic E-state index is 12.7. The number of likely N-dealkylation sites (tertiary alicyclic amines) is 1. The van der Waals surface area contributed by atoms with Crippen LogP contribution in [0, 0.1) is 0 Å². The zero-order chi connectivity index (χ0) is 17.9. The van der Waals surface area contributed by atoms with Crippen LogP contribution in [0.25, 0.3) is 0 Å². The summed E-state index contributed by atoms with van der Waals surface area (Å²) >= 11 is 5.92. The molecule has 0 radical (unpaired) electrons. The van der Waals surface area contributed by atoms with Gasteiger partial charge in [-0.1, -0.05) is 23.7 Å². The number of benzene rings is 1. The summed E-state index contributed by atoms with van der Waals surface area (Å²) in [5.74, 6) is 0.101. The molecule has 0 aliphatic carbocycles. The molecule has 0 aromatic heterocycles. The van der Waals surface area contributed by atoms with Crippen LogP contribution in [0.2, 0.25) is 5.02 Å². The van der Waals surface area contributed by atoms with E-state index in [4.69, 9.17) is 11.6 Å². The average molecular weight is 352 g/mol. The molecule has 0 N–H and O–H groups in total. The molecule has 0 spiro atoms. The Hall–Kier alpha value is -1.59. The highest BCUT2D eigenvalue weighted by molar-refractivity contribution is 6.30. The highest BCUT2D eigenvalue weighted by atomic mass is 35.5. The Balaban J connectivity index is 2.00. The molecule has 1 heterocycles. The fourth-order valence-electron chi connectivity index (χ4n) is 3.06. The molecule has 2 unspecified atom stereocenters. The maximum absolute atomic E-state index is 12.7. The van der Waals surface area contributed by atoms with Gasteiger partial charge < -0.3 is 9.80 Å². The number of carbonyl (C=O) groups excluding carboxylic acids is 2. The first-order valence-corrected chi connectivity index (χ1v) is 8.65. The third-order valence-corrected chi connectivity index (χ3v) is 5.01. The minimum Gasteiger partial charge on any atom is -0.347 e. The van der Waals surface area contributed by atoms with Crippen LogP contribution in [0.1, 0.15) is 31.4 Å². The molecule has 1 aliphatic rings. The van der Waals surface area contributed by atoms with Crippen LogP contribution in [0.5, 0.6) is 0 Å². The Labute approximate surface area is 149 Å². The molecule has 5 nitrogen and oxygen atoms in total. The van der Waals surface area contributed by atoms with Crippen molar-refractivity contribution in [3.63, 3.8) is 0 Å². The van der Waals surface area contributed by atoms with Crippen molar-refractivity contribution in [2.45, 2.75) is 31.8 Å². The normalized spacial score (nSPS) is 19.1. The van der Waals surface area contributed by atoms with Gasteiger partial charge >= 0.3 is 0 Å². The van der Waals surface area contributed by atoms with Crippen LogP contribution in [0.4, 0.5) is 0 Å². The lowest BCUT2D eigenvalue weighted by Gasteiger charge is -2.30. The van der Waals surface area contributed by atoms with Gasteiger partial charge in [0.15, 0.2) is 0 Å². The molecule has 0 saturated carbocycles. The van der Waals surface area contributed by atoms with Gasteiger partial charge in [-0.3, -0.25) is 14.5 Å². The monoisotopic (exact) mass is 351 g/mol. The number of carbonyl (C=O) groups is 2. The average Bonchev–Trinajstić information content (AvgIpc) is 3.01. The molecule has 24 heavy (non-hydrogen) atoms. The fourth-order valence-corrected chi connectivity index (χ4v) is 3.19. The lowest BCUT2D eigenvalue weighted by Crippen LogP contribution is -2.47. The van der Waals surface area contributed by atoms with Gasteiger partial charge in [-0.15, -0.1) is 0 Å². The predicted octanol–water partition coefficient (Wildman–Crippen LogP) is 2.41. The quantitative estimate of drug-likeness (QED) is 0.818. The maximum Gasteiger partial charge on any atom is 0.239 e. The van der Waals surface area contributed by atoms with Gasteiger partial charge in [-0.05, 0) is 44.0 Å². The van der Waals surface area contributed by atoms with E-state index in [1.165, 1.54) is 0 Å². The van der Waals surface area contributed by atoms with Gasteiger partial charge in [0.2, 0.25) is 11.8 Å². The van der Waals surface area contributed by atoms with Crippen molar-refractivity contribution in [2.75, 3.05) is 34.2 Å². The molecule has 132 valence electrons. The Morgan fingerprint density at radius 1 is 1.25 bits per heavy atom. The van der Waals surface area contributed by atoms with Crippen molar-refractivity contribution in [1.29, 1.82) is 0 Å². The molecule has 2 rings (SSSR count). The van der Waals surface area contributed by atoms with E-state index < -0.39 is 0 Å². The number of likely N-dealkylation sites (N-methyl/N-ethyl adjacent to an activating group) is 2. The first-order chi connectivity index (χ1) is 11.3. The SMILES string of the molecule is CC(c1ccc(Cl)cc1)N(C)C(=O)CN1CCCC1C(=O)N(C)C. The standard InChI is InChI=1S/C18H26ClN3O2/c1-13(14-7-9-15(19)10-8-14)21(4)17(23)12-22-11-5-6-16(22)18(24)20(2)3/h7-10,13,16H,5-6,11-12H2,1-4H3. The zero-order valence-electron chi connectivity index (χ0n) is 14.8. The minimum atomic E-state index is -0.178. The summed E-state index contributed by atoms with van der Waals surface area (Å²) in [7, 11) is 5.32. The third kappa shape index (κ3) is 4.28. The van der Waals surface area contributed by atoms with Gasteiger partial charge in [-0.25, -0.2) is 0 Å². The molecule has 1 fully saturated rings. The van der Waals surface area contributed by atoms with Crippen molar-refractivity contribution in [2.24, 2.45) is 0 Å². The van der Waals surface area contributed by atoms with Crippen LogP contribution in [-0.2, 0) is 9.59 Å². The van der Waals surface area contributed by atoms with E-state index >= 15 is 0 Å². The van der Waals surface area contributed by atoms with E-state index in [2.05, 4.69) is 0 Å². The van der Waals surface area contributed by atoms with Crippen molar-refractivity contribution >= 4 is 23.4 Å². The number of hydrogen-bond acceptors (Lipinski definition) is 3. The Morgan fingerprint density at radius 3 is 2.46 bits per heavy atom. The second-order valence-electron chi connectivity index (χ2n) is 6.59. The fraction of sp³-hybridized carbons (Fsp3) is 0.556. The van der Waals surface area contributed by atoms with Crippen molar-refractivity contribution in [3.05, 3.63) is 34.9 Å². The number of rotatable bonds is 5. The summed E-state index contributed by atoms with van der Waals surface area (Å²) in [6.07, 6.45) is 1.77. The number of nitrogens with zero attached hydrogens (tertiary/aromatic N) is 3. The molecule has 0 bridgehead atoms. The predicted molar refractivity (Wildman–Crippen MR) is 95.9 cm³/mol. The van der Waals surface area contributed by atoms with E-state index in [0.717, 1.165) is 24.9 Å². The van der Waals surface area contributed by atoms with E-state index in [9.17, 15) is 9.59 Å². The first-order valence-electron chi connectivity index (χ1n) is 8.27. The summed E-state index contributed by atoms with van der Waals surface area (Å²) in [4.78, 5) is 30.2. The molecule has 2 atom stereocenters. The first kappa shape index (κ1) is 18.7. The highest BCUT2D eigenvalue weighted by Crippen LogP contribution is 2.23. The van der Waals surface area contributed by atoms with Crippen LogP contribution in [-0.4, -0.2) is 66.8 Å². The summed E-state index contributed by atoms with van der Waals surface area (Å²) in [5.41, 5.74) is 1.04. The Morgan fingerprint density at radius 2 is 1.88 bits per heavy atom. The van der Waals surface area contributed by atoms with E-state index in [1.807, 2.05) is 36.1 Å². The molecule has 2 amide bonds. The summed E-state index contributed by atoms with van der Waals surface area (Å²) in [6, 6.07) is 7.31. The molecular formula is C18H26ClN3O2. The number of halogens is 1. The van der Waals surface area contributed by atoms with Crippen LogP contribution >= 0.6 is 11.6 Å². The van der Waals surface area contributed by atoms with E-state index in [1.54, 1.807) is 30.9 Å². The van der Waals surface area contributed by atoms with Crippen molar-refractivity contribution in [1.82, 2.24) is 14.7 Å². The van der Waals surface area contributed by atoms with Gasteiger partial charge in [0.05, 0.1) is 18.6 Å². The molecular weight excluding hydrogens is 326 g/mol. The lowest BCUT2D eigenvalue weighted by molar-refractivity contribution is -0.137. The van der Waals surface area contributed by atoms with Gasteiger partial charge in [0.25, 0.3) is 0 Å². The molecule has 1 aliphatic heterocycles. The third-order valence-electron chi connectivity index (χ3n) is 4.75.